The zero-order valence-electron chi connectivity index (χ0n) is 12.3. The topological polar surface area (TPSA) is 76.1 Å². The molecule has 0 fully saturated rings. The highest BCUT2D eigenvalue weighted by molar-refractivity contribution is 7.18. The monoisotopic (exact) mass is 326 g/mol. The van der Waals surface area contributed by atoms with Gasteiger partial charge in [0.05, 0.1) is 7.11 Å². The van der Waals surface area contributed by atoms with Crippen LogP contribution in [0.1, 0.15) is 0 Å². The number of amides is 2. The normalized spacial score (nSPS) is 10.1. The quantitative estimate of drug-likeness (QED) is 0.763. The number of carbonyl (C=O) groups is 1. The van der Waals surface area contributed by atoms with Crippen LogP contribution in [-0.2, 0) is 0 Å². The second-order valence-electron chi connectivity index (χ2n) is 4.59. The van der Waals surface area contributed by atoms with Crippen molar-refractivity contribution in [2.45, 2.75) is 0 Å². The highest BCUT2D eigenvalue weighted by Crippen LogP contribution is 2.27. The predicted molar refractivity (Wildman–Crippen MR) is 91.0 cm³/mol. The van der Waals surface area contributed by atoms with E-state index in [0.29, 0.717) is 10.8 Å². The Morgan fingerprint density at radius 3 is 2.43 bits per heavy atom. The van der Waals surface area contributed by atoms with Crippen LogP contribution in [-0.4, -0.2) is 23.3 Å². The Morgan fingerprint density at radius 1 is 1.00 bits per heavy atom. The second-order valence-corrected chi connectivity index (χ2v) is 5.56. The molecule has 0 aliphatic carbocycles. The Labute approximate surface area is 137 Å². The maximum absolute atomic E-state index is 11.9. The Morgan fingerprint density at radius 2 is 1.74 bits per heavy atom. The minimum Gasteiger partial charge on any atom is -0.497 e. The fourth-order valence-corrected chi connectivity index (χ4v) is 2.65. The van der Waals surface area contributed by atoms with Crippen LogP contribution in [0.15, 0.2) is 54.6 Å². The first-order valence-corrected chi connectivity index (χ1v) is 7.67. The first-order chi connectivity index (χ1) is 11.2. The minimum absolute atomic E-state index is 0.353. The Balaban J connectivity index is 1.65. The molecular formula is C16H14N4O2S. The summed E-state index contributed by atoms with van der Waals surface area (Å²) in [6.45, 7) is 0. The maximum atomic E-state index is 11.9. The van der Waals surface area contributed by atoms with Gasteiger partial charge in [0, 0.05) is 11.3 Å². The van der Waals surface area contributed by atoms with E-state index in [-0.39, 0.29) is 6.03 Å². The number of urea groups is 1. The van der Waals surface area contributed by atoms with Gasteiger partial charge in [-0.05, 0) is 36.4 Å². The highest BCUT2D eigenvalue weighted by Gasteiger charge is 2.09. The van der Waals surface area contributed by atoms with Gasteiger partial charge in [-0.15, -0.1) is 10.2 Å². The molecule has 0 bridgehead atoms. The van der Waals surface area contributed by atoms with Gasteiger partial charge in [-0.25, -0.2) is 4.79 Å². The summed E-state index contributed by atoms with van der Waals surface area (Å²) in [4.78, 5) is 11.9. The number of hydrogen-bond donors (Lipinski definition) is 2. The van der Waals surface area contributed by atoms with E-state index in [2.05, 4.69) is 20.8 Å². The standard InChI is InChI=1S/C16H14N4O2S/c1-22-13-9-7-11(8-10-13)14-19-20-16(23-14)18-15(21)17-12-5-3-2-4-6-12/h2-10H,1H3,(H2,17,18,20,21). The number of rotatable bonds is 4. The van der Waals surface area contributed by atoms with E-state index >= 15 is 0 Å². The number of aromatic nitrogens is 2. The summed E-state index contributed by atoms with van der Waals surface area (Å²) in [5, 5.41) is 14.6. The molecule has 116 valence electrons. The first kappa shape index (κ1) is 15.0. The summed E-state index contributed by atoms with van der Waals surface area (Å²) in [6, 6.07) is 16.3. The first-order valence-electron chi connectivity index (χ1n) is 6.85. The molecule has 6 nitrogen and oxygen atoms in total. The fourth-order valence-electron chi connectivity index (χ4n) is 1.90. The third-order valence-electron chi connectivity index (χ3n) is 3.01. The molecule has 0 aliphatic rings. The fraction of sp³-hybridized carbons (Fsp3) is 0.0625. The summed E-state index contributed by atoms with van der Waals surface area (Å²) < 4.78 is 5.12. The third-order valence-corrected chi connectivity index (χ3v) is 3.90. The van der Waals surface area contributed by atoms with Gasteiger partial charge in [-0.3, -0.25) is 5.32 Å². The molecule has 3 aromatic rings. The number of ether oxygens (including phenoxy) is 1. The molecule has 0 spiro atoms. The molecule has 0 unspecified atom stereocenters. The van der Waals surface area contributed by atoms with Crippen LogP contribution in [0.4, 0.5) is 15.6 Å². The van der Waals surface area contributed by atoms with Crippen LogP contribution in [0.5, 0.6) is 5.75 Å². The van der Waals surface area contributed by atoms with Crippen molar-refractivity contribution in [2.75, 3.05) is 17.7 Å². The van der Waals surface area contributed by atoms with Gasteiger partial charge in [0.25, 0.3) is 0 Å². The molecule has 3 rings (SSSR count). The molecule has 7 heteroatoms. The number of anilines is 2. The lowest BCUT2D eigenvalue weighted by Crippen LogP contribution is -2.19. The van der Waals surface area contributed by atoms with Crippen LogP contribution in [0.25, 0.3) is 10.6 Å². The average Bonchev–Trinajstić information content (AvgIpc) is 3.04. The number of para-hydroxylation sites is 1. The molecule has 0 radical (unpaired) electrons. The summed E-state index contributed by atoms with van der Waals surface area (Å²) in [7, 11) is 1.62. The van der Waals surface area contributed by atoms with Crippen molar-refractivity contribution in [3.05, 3.63) is 54.6 Å². The van der Waals surface area contributed by atoms with Crippen LogP contribution >= 0.6 is 11.3 Å². The van der Waals surface area contributed by atoms with Crippen LogP contribution in [0.2, 0.25) is 0 Å². The van der Waals surface area contributed by atoms with E-state index in [1.54, 1.807) is 7.11 Å². The number of methoxy groups -OCH3 is 1. The zero-order valence-corrected chi connectivity index (χ0v) is 13.1. The van der Waals surface area contributed by atoms with Crippen molar-refractivity contribution in [1.82, 2.24) is 10.2 Å². The van der Waals surface area contributed by atoms with Crippen molar-refractivity contribution in [3.8, 4) is 16.3 Å². The summed E-state index contributed by atoms with van der Waals surface area (Å²) >= 11 is 1.30. The van der Waals surface area contributed by atoms with E-state index in [1.807, 2.05) is 54.6 Å². The van der Waals surface area contributed by atoms with Crippen LogP contribution < -0.4 is 15.4 Å². The van der Waals surface area contributed by atoms with E-state index in [0.717, 1.165) is 16.3 Å². The van der Waals surface area contributed by atoms with Gasteiger partial charge in [0.1, 0.15) is 10.8 Å². The van der Waals surface area contributed by atoms with Gasteiger partial charge in [-0.2, -0.15) is 0 Å². The molecule has 0 saturated heterocycles. The summed E-state index contributed by atoms with van der Waals surface area (Å²) in [5.74, 6) is 0.777. The molecule has 0 atom stereocenters. The van der Waals surface area contributed by atoms with Crippen molar-refractivity contribution < 1.29 is 9.53 Å². The lowest BCUT2D eigenvalue weighted by molar-refractivity contribution is 0.262. The molecule has 2 N–H and O–H groups in total. The van der Waals surface area contributed by atoms with Gasteiger partial charge in [0.15, 0.2) is 0 Å². The van der Waals surface area contributed by atoms with Crippen LogP contribution in [0, 0.1) is 0 Å². The minimum atomic E-state index is -0.353. The molecule has 0 aliphatic heterocycles. The van der Waals surface area contributed by atoms with E-state index in [4.69, 9.17) is 4.74 Å². The highest BCUT2D eigenvalue weighted by atomic mass is 32.1. The van der Waals surface area contributed by atoms with E-state index in [1.165, 1.54) is 11.3 Å². The molecule has 1 aromatic heterocycles. The lowest BCUT2D eigenvalue weighted by Gasteiger charge is -2.04. The number of nitrogens with one attached hydrogen (secondary N) is 2. The molecule has 23 heavy (non-hydrogen) atoms. The number of carbonyl (C=O) groups excluding carboxylic acids is 1. The Kier molecular flexibility index (Phi) is 4.49. The lowest BCUT2D eigenvalue weighted by atomic mass is 10.2. The van der Waals surface area contributed by atoms with Crippen LogP contribution in [0.3, 0.4) is 0 Å². The van der Waals surface area contributed by atoms with Crippen molar-refractivity contribution >= 4 is 28.2 Å². The van der Waals surface area contributed by atoms with Gasteiger partial charge < -0.3 is 10.1 Å². The van der Waals surface area contributed by atoms with Crippen molar-refractivity contribution in [2.24, 2.45) is 0 Å². The predicted octanol–water partition coefficient (Wildman–Crippen LogP) is 3.86. The van der Waals surface area contributed by atoms with Crippen molar-refractivity contribution in [3.63, 3.8) is 0 Å². The van der Waals surface area contributed by atoms with E-state index in [9.17, 15) is 4.79 Å². The van der Waals surface area contributed by atoms with Gasteiger partial charge in [-0.1, -0.05) is 29.5 Å². The maximum Gasteiger partial charge on any atom is 0.325 e. The molecule has 1 heterocycles. The molecule has 2 amide bonds. The SMILES string of the molecule is COc1ccc(-c2nnc(NC(=O)Nc3ccccc3)s2)cc1. The van der Waals surface area contributed by atoms with Crippen molar-refractivity contribution in [1.29, 1.82) is 0 Å². The smallest absolute Gasteiger partial charge is 0.325 e. The summed E-state index contributed by atoms with van der Waals surface area (Å²) in [6.07, 6.45) is 0. The zero-order chi connectivity index (χ0) is 16.1. The summed E-state index contributed by atoms with van der Waals surface area (Å²) in [5.41, 5.74) is 1.63. The average molecular weight is 326 g/mol. The molecule has 0 saturated carbocycles. The second kappa shape index (κ2) is 6.89. The molecular weight excluding hydrogens is 312 g/mol. The van der Waals surface area contributed by atoms with Gasteiger partial charge >= 0.3 is 6.03 Å². The number of benzene rings is 2. The Bertz CT molecular complexity index is 787. The number of hydrogen-bond acceptors (Lipinski definition) is 5. The Hall–Kier alpha value is -2.93. The third kappa shape index (κ3) is 3.83. The van der Waals surface area contributed by atoms with Gasteiger partial charge in [0.2, 0.25) is 5.13 Å². The van der Waals surface area contributed by atoms with E-state index < -0.39 is 0 Å². The largest absolute Gasteiger partial charge is 0.497 e. The number of nitrogens with zero attached hydrogens (tertiary/aromatic N) is 2. The molecule has 2 aromatic carbocycles.